The van der Waals surface area contributed by atoms with E-state index in [0.29, 0.717) is 30.6 Å². The lowest BCUT2D eigenvalue weighted by atomic mass is 9.95. The lowest BCUT2D eigenvalue weighted by molar-refractivity contribution is -0.121. The summed E-state index contributed by atoms with van der Waals surface area (Å²) in [7, 11) is 0. The van der Waals surface area contributed by atoms with Gasteiger partial charge in [-0.2, -0.15) is 4.98 Å². The molecule has 1 aromatic rings. The van der Waals surface area contributed by atoms with Gasteiger partial charge in [0.1, 0.15) is 0 Å². The van der Waals surface area contributed by atoms with Crippen molar-refractivity contribution < 1.29 is 9.32 Å². The molecule has 1 N–H and O–H groups in total. The first-order valence-electron chi connectivity index (χ1n) is 9.80. The zero-order valence-corrected chi connectivity index (χ0v) is 15.1. The average Bonchev–Trinajstić information content (AvgIpc) is 3.13. The summed E-state index contributed by atoms with van der Waals surface area (Å²) in [6, 6.07) is 2.41. The number of hydrogen-bond acceptors (Lipinski definition) is 6. The minimum Gasteiger partial charge on any atom is -0.356 e. The van der Waals surface area contributed by atoms with Crippen LogP contribution in [0.1, 0.15) is 57.2 Å². The Morgan fingerprint density at radius 1 is 1.08 bits per heavy atom. The standard InChI is InChI=1S/C18H29N5O2/c1-13-20-18(25-21-13)23-14-6-7-15(23)12-16(11-14)22-9-3-2-5-17(24)19-8-4-10-22/h14-16H,2-12H2,1H3,(H,19,24). The highest BCUT2D eigenvalue weighted by Gasteiger charge is 2.44. The molecule has 3 saturated heterocycles. The second-order valence-electron chi connectivity index (χ2n) is 7.74. The fourth-order valence-corrected chi connectivity index (χ4v) is 4.83. The van der Waals surface area contributed by atoms with Crippen LogP contribution in [0.5, 0.6) is 0 Å². The highest BCUT2D eigenvalue weighted by molar-refractivity contribution is 5.75. The molecule has 7 nitrogen and oxygen atoms in total. The van der Waals surface area contributed by atoms with Gasteiger partial charge in [0.15, 0.2) is 5.82 Å². The number of fused-ring (bicyclic) bond motifs is 2. The van der Waals surface area contributed by atoms with Gasteiger partial charge in [-0.15, -0.1) is 0 Å². The number of aryl methyl sites for hydroxylation is 1. The molecular weight excluding hydrogens is 318 g/mol. The lowest BCUT2D eigenvalue weighted by Gasteiger charge is -2.42. The highest BCUT2D eigenvalue weighted by Crippen LogP contribution is 2.40. The van der Waals surface area contributed by atoms with E-state index >= 15 is 0 Å². The normalized spacial score (nSPS) is 31.8. The summed E-state index contributed by atoms with van der Waals surface area (Å²) in [6.45, 7) is 4.90. The minimum absolute atomic E-state index is 0.217. The molecule has 0 radical (unpaired) electrons. The van der Waals surface area contributed by atoms with Crippen LogP contribution in [-0.4, -0.2) is 58.7 Å². The predicted octanol–water partition coefficient (Wildman–Crippen LogP) is 1.87. The summed E-state index contributed by atoms with van der Waals surface area (Å²) >= 11 is 0. The average molecular weight is 347 g/mol. The Hall–Kier alpha value is -1.63. The quantitative estimate of drug-likeness (QED) is 0.880. The van der Waals surface area contributed by atoms with E-state index in [9.17, 15) is 4.79 Å². The first kappa shape index (κ1) is 16.8. The molecule has 25 heavy (non-hydrogen) atoms. The summed E-state index contributed by atoms with van der Waals surface area (Å²) in [6.07, 6.45) is 8.66. The van der Waals surface area contributed by atoms with Crippen molar-refractivity contribution in [3.05, 3.63) is 5.82 Å². The first-order valence-corrected chi connectivity index (χ1v) is 9.80. The number of aromatic nitrogens is 2. The molecule has 7 heteroatoms. The number of rotatable bonds is 2. The third kappa shape index (κ3) is 3.66. The van der Waals surface area contributed by atoms with Crippen molar-refractivity contribution >= 4 is 11.9 Å². The number of amides is 1. The van der Waals surface area contributed by atoms with Crippen LogP contribution in [0, 0.1) is 6.92 Å². The smallest absolute Gasteiger partial charge is 0.324 e. The number of piperidine rings is 1. The summed E-state index contributed by atoms with van der Waals surface area (Å²) in [5.41, 5.74) is 0. The fourth-order valence-electron chi connectivity index (χ4n) is 4.83. The van der Waals surface area contributed by atoms with Crippen molar-refractivity contribution in [2.75, 3.05) is 24.5 Å². The van der Waals surface area contributed by atoms with E-state index in [1.165, 1.54) is 25.7 Å². The first-order chi connectivity index (χ1) is 12.2. The Morgan fingerprint density at radius 3 is 2.56 bits per heavy atom. The Morgan fingerprint density at radius 2 is 1.84 bits per heavy atom. The maximum atomic E-state index is 11.6. The van der Waals surface area contributed by atoms with Crippen LogP contribution in [0.4, 0.5) is 6.01 Å². The largest absolute Gasteiger partial charge is 0.356 e. The van der Waals surface area contributed by atoms with Gasteiger partial charge in [0.25, 0.3) is 0 Å². The SMILES string of the molecule is Cc1noc(N2C3CCC2CC(N2CCCCC(=O)NCCC2)C3)n1. The van der Waals surface area contributed by atoms with Gasteiger partial charge in [-0.1, -0.05) is 5.16 Å². The maximum Gasteiger partial charge on any atom is 0.324 e. The van der Waals surface area contributed by atoms with Crippen molar-refractivity contribution in [2.45, 2.75) is 76.4 Å². The zero-order valence-electron chi connectivity index (χ0n) is 15.1. The third-order valence-electron chi connectivity index (χ3n) is 6.01. The van der Waals surface area contributed by atoms with Gasteiger partial charge in [-0.05, 0) is 58.4 Å². The van der Waals surface area contributed by atoms with E-state index in [-0.39, 0.29) is 5.91 Å². The monoisotopic (exact) mass is 347 g/mol. The topological polar surface area (TPSA) is 74.5 Å². The molecule has 2 unspecified atom stereocenters. The van der Waals surface area contributed by atoms with E-state index in [1.54, 1.807) is 0 Å². The summed E-state index contributed by atoms with van der Waals surface area (Å²) in [5.74, 6) is 0.935. The van der Waals surface area contributed by atoms with Gasteiger partial charge in [0.2, 0.25) is 5.91 Å². The van der Waals surface area contributed by atoms with Crippen LogP contribution in [-0.2, 0) is 4.79 Å². The van der Waals surface area contributed by atoms with Crippen LogP contribution in [0.25, 0.3) is 0 Å². The van der Waals surface area contributed by atoms with Crippen LogP contribution >= 0.6 is 0 Å². The molecule has 2 bridgehead atoms. The molecule has 1 amide bonds. The van der Waals surface area contributed by atoms with Gasteiger partial charge < -0.3 is 19.6 Å². The maximum absolute atomic E-state index is 11.6. The Kier molecular flexibility index (Phi) is 4.92. The molecule has 0 saturated carbocycles. The summed E-state index contributed by atoms with van der Waals surface area (Å²) in [4.78, 5) is 21.1. The molecule has 2 atom stereocenters. The number of hydrogen-bond donors (Lipinski definition) is 1. The molecule has 3 aliphatic heterocycles. The molecular formula is C18H29N5O2. The van der Waals surface area contributed by atoms with Gasteiger partial charge in [0.05, 0.1) is 0 Å². The number of nitrogens with zero attached hydrogens (tertiary/aromatic N) is 4. The van der Waals surface area contributed by atoms with Crippen molar-refractivity contribution in [3.8, 4) is 0 Å². The van der Waals surface area contributed by atoms with Crippen LogP contribution < -0.4 is 10.2 Å². The van der Waals surface area contributed by atoms with Crippen molar-refractivity contribution in [1.29, 1.82) is 0 Å². The van der Waals surface area contributed by atoms with Crippen LogP contribution in [0.15, 0.2) is 4.52 Å². The summed E-state index contributed by atoms with van der Waals surface area (Å²) in [5, 5.41) is 7.01. The zero-order chi connectivity index (χ0) is 17.2. The van der Waals surface area contributed by atoms with Crippen molar-refractivity contribution in [1.82, 2.24) is 20.4 Å². The van der Waals surface area contributed by atoms with Gasteiger partial charge >= 0.3 is 6.01 Å². The fraction of sp³-hybridized carbons (Fsp3) is 0.833. The van der Waals surface area contributed by atoms with E-state index in [0.717, 1.165) is 44.7 Å². The number of carbonyl (C=O) groups excluding carboxylic acids is 1. The summed E-state index contributed by atoms with van der Waals surface area (Å²) < 4.78 is 5.45. The molecule has 0 aromatic carbocycles. The Balaban J connectivity index is 1.40. The molecule has 1 aromatic heterocycles. The molecule has 4 heterocycles. The van der Waals surface area contributed by atoms with Crippen LogP contribution in [0.2, 0.25) is 0 Å². The van der Waals surface area contributed by atoms with Gasteiger partial charge in [-0.3, -0.25) is 4.79 Å². The van der Waals surface area contributed by atoms with E-state index in [4.69, 9.17) is 4.52 Å². The highest BCUT2D eigenvalue weighted by atomic mass is 16.5. The predicted molar refractivity (Wildman–Crippen MR) is 94.4 cm³/mol. The van der Waals surface area contributed by atoms with Gasteiger partial charge in [0, 0.05) is 37.6 Å². The lowest BCUT2D eigenvalue weighted by Crippen LogP contribution is -2.51. The molecule has 0 spiro atoms. The van der Waals surface area contributed by atoms with E-state index in [2.05, 4.69) is 25.3 Å². The number of carbonyl (C=O) groups is 1. The number of anilines is 1. The second kappa shape index (κ2) is 7.32. The molecule has 3 aliphatic rings. The molecule has 4 rings (SSSR count). The third-order valence-corrected chi connectivity index (χ3v) is 6.01. The van der Waals surface area contributed by atoms with Crippen LogP contribution in [0.3, 0.4) is 0 Å². The number of nitrogens with one attached hydrogen (secondary N) is 1. The second-order valence-corrected chi connectivity index (χ2v) is 7.74. The minimum atomic E-state index is 0.217. The molecule has 3 fully saturated rings. The Bertz CT molecular complexity index is 576. The van der Waals surface area contributed by atoms with E-state index in [1.807, 2.05) is 6.92 Å². The van der Waals surface area contributed by atoms with Crippen molar-refractivity contribution in [2.24, 2.45) is 0 Å². The van der Waals surface area contributed by atoms with E-state index < -0.39 is 0 Å². The Labute approximate surface area is 149 Å². The molecule has 138 valence electrons. The van der Waals surface area contributed by atoms with Crippen molar-refractivity contribution in [3.63, 3.8) is 0 Å². The molecule has 0 aliphatic carbocycles. The van der Waals surface area contributed by atoms with Gasteiger partial charge in [-0.25, -0.2) is 0 Å².